The first-order valence-corrected chi connectivity index (χ1v) is 7.68. The molecule has 0 radical (unpaired) electrons. The van der Waals surface area contributed by atoms with Gasteiger partial charge in [-0.3, -0.25) is 9.59 Å². The van der Waals surface area contributed by atoms with E-state index in [0.29, 0.717) is 0 Å². The third-order valence-corrected chi connectivity index (χ3v) is 4.22. The zero-order chi connectivity index (χ0) is 16.0. The number of ketones is 1. The molecule has 1 atom stereocenters. The van der Waals surface area contributed by atoms with E-state index < -0.39 is 28.6 Å². The maximum absolute atomic E-state index is 12.1. The van der Waals surface area contributed by atoms with Gasteiger partial charge in [-0.25, -0.2) is 8.42 Å². The smallest absolute Gasteiger partial charge is 0.326 e. The summed E-state index contributed by atoms with van der Waals surface area (Å²) in [6, 6.07) is 4.06. The number of aliphatic hydroxyl groups excluding tert-OH is 1. The van der Waals surface area contributed by atoms with Gasteiger partial charge in [0, 0.05) is 12.0 Å². The number of Topliss-reactive ketones (excluding diaryl/α,β-unsaturated/α-hetero) is 1. The van der Waals surface area contributed by atoms with Gasteiger partial charge < -0.3 is 9.84 Å². The van der Waals surface area contributed by atoms with Crippen LogP contribution in [-0.2, 0) is 19.6 Å². The Balaban J connectivity index is 3.08. The van der Waals surface area contributed by atoms with Crippen LogP contribution in [0.1, 0.15) is 23.7 Å². The Morgan fingerprint density at radius 1 is 1.38 bits per heavy atom. The number of esters is 1. The molecule has 0 aliphatic carbocycles. The second-order valence-electron chi connectivity index (χ2n) is 4.18. The van der Waals surface area contributed by atoms with Crippen LogP contribution in [0.5, 0.6) is 0 Å². The lowest BCUT2D eigenvalue weighted by atomic mass is 10.1. The minimum atomic E-state index is -4.05. The topological polar surface area (TPSA) is 110 Å². The van der Waals surface area contributed by atoms with Crippen molar-refractivity contribution in [3.63, 3.8) is 0 Å². The van der Waals surface area contributed by atoms with Crippen LogP contribution in [-0.4, -0.2) is 45.0 Å². The van der Waals surface area contributed by atoms with Crippen LogP contribution in [0, 0.1) is 0 Å². The summed E-state index contributed by atoms with van der Waals surface area (Å²) >= 11 is 0. The third-order valence-electron chi connectivity index (χ3n) is 2.75. The average molecular weight is 315 g/mol. The van der Waals surface area contributed by atoms with Crippen molar-refractivity contribution >= 4 is 21.8 Å². The van der Waals surface area contributed by atoms with Crippen molar-refractivity contribution in [2.24, 2.45) is 0 Å². The van der Waals surface area contributed by atoms with E-state index in [-0.39, 0.29) is 22.7 Å². The molecule has 0 fully saturated rings. The lowest BCUT2D eigenvalue weighted by molar-refractivity contribution is -0.143. The summed E-state index contributed by atoms with van der Waals surface area (Å²) in [6.45, 7) is 0.931. The molecule has 0 saturated heterocycles. The first kappa shape index (κ1) is 17.3. The number of carbonyl (C=O) groups is 2. The van der Waals surface area contributed by atoms with E-state index in [1.165, 1.54) is 24.3 Å². The van der Waals surface area contributed by atoms with Crippen LogP contribution in [0.15, 0.2) is 29.2 Å². The van der Waals surface area contributed by atoms with E-state index in [1.54, 1.807) is 6.92 Å². The number of hydrogen-bond donors (Lipinski definition) is 2. The van der Waals surface area contributed by atoms with E-state index in [4.69, 9.17) is 5.11 Å². The van der Waals surface area contributed by atoms with Crippen molar-refractivity contribution in [2.45, 2.75) is 24.3 Å². The van der Waals surface area contributed by atoms with Gasteiger partial charge >= 0.3 is 5.97 Å². The molecule has 0 aliphatic rings. The Labute approximate surface area is 123 Å². The molecule has 0 aliphatic heterocycles. The number of aliphatic hydroxyl groups is 1. The fourth-order valence-electron chi connectivity index (χ4n) is 1.60. The zero-order valence-electron chi connectivity index (χ0n) is 11.7. The summed E-state index contributed by atoms with van der Waals surface area (Å²) in [4.78, 5) is 22.7. The lowest BCUT2D eigenvalue weighted by Gasteiger charge is -2.14. The average Bonchev–Trinajstić information content (AvgIpc) is 2.51. The fraction of sp³-hybridized carbons (Fsp3) is 0.385. The number of sulfonamides is 1. The summed E-state index contributed by atoms with van der Waals surface area (Å²) in [7, 11) is -2.97. The number of carbonyl (C=O) groups excluding carboxylic acids is 2. The summed E-state index contributed by atoms with van der Waals surface area (Å²) in [5, 5.41) is 9.04. The van der Waals surface area contributed by atoms with Gasteiger partial charge in [0.2, 0.25) is 10.0 Å². The van der Waals surface area contributed by atoms with Crippen molar-refractivity contribution in [1.29, 1.82) is 0 Å². The molecule has 1 rings (SSSR count). The normalized spacial score (nSPS) is 12.7. The molecule has 0 aromatic heterocycles. The molecule has 8 heteroatoms. The van der Waals surface area contributed by atoms with Crippen LogP contribution < -0.4 is 4.72 Å². The van der Waals surface area contributed by atoms with E-state index in [9.17, 15) is 18.0 Å². The van der Waals surface area contributed by atoms with Crippen LogP contribution in [0.4, 0.5) is 0 Å². The Kier molecular flexibility index (Phi) is 6.01. The minimum Gasteiger partial charge on any atom is -0.468 e. The molecule has 21 heavy (non-hydrogen) atoms. The summed E-state index contributed by atoms with van der Waals surface area (Å²) in [5.74, 6) is -1.10. The Morgan fingerprint density at radius 2 is 2.05 bits per heavy atom. The molecule has 2 N–H and O–H groups in total. The molecule has 1 aromatic carbocycles. The SMILES string of the molecule is CCC(=O)c1cccc(S(=O)(=O)NC(CO)C(=O)OC)c1. The monoisotopic (exact) mass is 315 g/mol. The number of benzene rings is 1. The summed E-state index contributed by atoms with van der Waals surface area (Å²) in [5.41, 5.74) is 0.263. The molecule has 7 nitrogen and oxygen atoms in total. The fourth-order valence-corrected chi connectivity index (χ4v) is 2.82. The van der Waals surface area contributed by atoms with Crippen molar-refractivity contribution in [2.75, 3.05) is 13.7 Å². The first-order valence-electron chi connectivity index (χ1n) is 6.20. The van der Waals surface area contributed by atoms with Gasteiger partial charge in [0.05, 0.1) is 18.6 Å². The van der Waals surface area contributed by atoms with Crippen LogP contribution in [0.3, 0.4) is 0 Å². The molecule has 1 unspecified atom stereocenters. The van der Waals surface area contributed by atoms with Gasteiger partial charge in [-0.1, -0.05) is 19.1 Å². The zero-order valence-corrected chi connectivity index (χ0v) is 12.5. The van der Waals surface area contributed by atoms with Crippen LogP contribution in [0.2, 0.25) is 0 Å². The Morgan fingerprint density at radius 3 is 2.57 bits per heavy atom. The maximum Gasteiger partial charge on any atom is 0.326 e. The summed E-state index contributed by atoms with van der Waals surface area (Å²) in [6.07, 6.45) is 0.248. The highest BCUT2D eigenvalue weighted by molar-refractivity contribution is 7.89. The molecular weight excluding hydrogens is 298 g/mol. The summed E-state index contributed by atoms with van der Waals surface area (Å²) < 4.78 is 30.7. The van der Waals surface area contributed by atoms with E-state index in [2.05, 4.69) is 4.74 Å². The van der Waals surface area contributed by atoms with Gasteiger partial charge in [-0.2, -0.15) is 4.72 Å². The number of nitrogens with one attached hydrogen (secondary N) is 1. The highest BCUT2D eigenvalue weighted by atomic mass is 32.2. The van der Waals surface area contributed by atoms with Crippen LogP contribution >= 0.6 is 0 Å². The van der Waals surface area contributed by atoms with Gasteiger partial charge in [0.1, 0.15) is 6.04 Å². The molecule has 0 bridgehead atoms. The maximum atomic E-state index is 12.1. The second-order valence-corrected chi connectivity index (χ2v) is 5.90. The Bertz CT molecular complexity index is 625. The predicted octanol–water partition coefficient (Wildman–Crippen LogP) is 0.0915. The highest BCUT2D eigenvalue weighted by Gasteiger charge is 2.26. The minimum absolute atomic E-state index is 0.163. The first-order chi connectivity index (χ1) is 9.85. The quantitative estimate of drug-likeness (QED) is 0.545. The molecule has 0 heterocycles. The van der Waals surface area contributed by atoms with E-state index in [0.717, 1.165) is 7.11 Å². The van der Waals surface area contributed by atoms with E-state index >= 15 is 0 Å². The number of methoxy groups -OCH3 is 1. The van der Waals surface area contributed by atoms with Gasteiger partial charge in [0.25, 0.3) is 0 Å². The highest BCUT2D eigenvalue weighted by Crippen LogP contribution is 2.13. The molecular formula is C13H17NO6S. The molecule has 0 spiro atoms. The largest absolute Gasteiger partial charge is 0.468 e. The second kappa shape index (κ2) is 7.30. The third kappa shape index (κ3) is 4.35. The molecule has 0 saturated carbocycles. The molecule has 1 aromatic rings. The van der Waals surface area contributed by atoms with Crippen LogP contribution in [0.25, 0.3) is 0 Å². The number of ether oxygens (including phenoxy) is 1. The van der Waals surface area contributed by atoms with Gasteiger partial charge in [-0.05, 0) is 12.1 Å². The lowest BCUT2D eigenvalue weighted by Crippen LogP contribution is -2.43. The standard InChI is InChI=1S/C13H17NO6S/c1-3-12(16)9-5-4-6-10(7-9)21(18,19)14-11(8-15)13(17)20-2/h4-7,11,14-15H,3,8H2,1-2H3. The van der Waals surface area contributed by atoms with Crippen molar-refractivity contribution in [3.05, 3.63) is 29.8 Å². The van der Waals surface area contributed by atoms with Gasteiger partial charge in [0.15, 0.2) is 5.78 Å². The number of rotatable bonds is 7. The molecule has 116 valence electrons. The Hall–Kier alpha value is -1.77. The van der Waals surface area contributed by atoms with Crippen molar-refractivity contribution in [3.8, 4) is 0 Å². The van der Waals surface area contributed by atoms with Crippen molar-refractivity contribution in [1.82, 2.24) is 4.72 Å². The van der Waals surface area contributed by atoms with Gasteiger partial charge in [-0.15, -0.1) is 0 Å². The van der Waals surface area contributed by atoms with Crippen molar-refractivity contribution < 1.29 is 27.9 Å². The number of hydrogen-bond acceptors (Lipinski definition) is 6. The predicted molar refractivity (Wildman–Crippen MR) is 74.3 cm³/mol. The molecule has 0 amide bonds. The van der Waals surface area contributed by atoms with E-state index in [1.807, 2.05) is 4.72 Å².